The van der Waals surface area contributed by atoms with Crippen molar-refractivity contribution in [1.82, 2.24) is 9.80 Å². The Hall–Kier alpha value is -2.41. The third-order valence-electron chi connectivity index (χ3n) is 3.97. The van der Waals surface area contributed by atoms with E-state index in [4.69, 9.17) is 9.84 Å². The zero-order valence-electron chi connectivity index (χ0n) is 13.7. The van der Waals surface area contributed by atoms with Gasteiger partial charge in [0.1, 0.15) is 13.2 Å². The Labute approximate surface area is 140 Å². The number of carboxylic acids is 1. The van der Waals surface area contributed by atoms with E-state index in [2.05, 4.69) is 0 Å². The lowest BCUT2D eigenvalue weighted by molar-refractivity contribution is -0.149. The summed E-state index contributed by atoms with van der Waals surface area (Å²) in [5, 5.41) is 8.78. The highest BCUT2D eigenvalue weighted by molar-refractivity contribution is 5.86. The van der Waals surface area contributed by atoms with Gasteiger partial charge in [0.05, 0.1) is 12.6 Å². The topological polar surface area (TPSA) is 87.2 Å². The number of rotatable bonds is 7. The van der Waals surface area contributed by atoms with Crippen LogP contribution in [0.15, 0.2) is 30.3 Å². The molecule has 1 atom stereocenters. The molecule has 1 aliphatic heterocycles. The third kappa shape index (κ3) is 5.06. The Morgan fingerprint density at radius 2 is 2.00 bits per heavy atom. The summed E-state index contributed by atoms with van der Waals surface area (Å²) in [7, 11) is 1.46. The van der Waals surface area contributed by atoms with E-state index in [1.54, 1.807) is 4.90 Å². The highest BCUT2D eigenvalue weighted by Crippen LogP contribution is 2.19. The van der Waals surface area contributed by atoms with Gasteiger partial charge in [0.15, 0.2) is 0 Å². The van der Waals surface area contributed by atoms with Gasteiger partial charge in [-0.3, -0.25) is 19.3 Å². The molecule has 0 saturated carbocycles. The normalized spacial score (nSPS) is 17.5. The number of carbonyl (C=O) groups is 3. The van der Waals surface area contributed by atoms with Gasteiger partial charge in [-0.25, -0.2) is 0 Å². The van der Waals surface area contributed by atoms with Crippen molar-refractivity contribution in [2.24, 2.45) is 0 Å². The number of benzene rings is 1. The van der Waals surface area contributed by atoms with Crippen LogP contribution in [-0.2, 0) is 25.7 Å². The molecule has 2 rings (SSSR count). The van der Waals surface area contributed by atoms with E-state index in [-0.39, 0.29) is 31.6 Å². The van der Waals surface area contributed by atoms with Crippen LogP contribution in [0.25, 0.3) is 0 Å². The molecule has 7 nitrogen and oxygen atoms in total. The fraction of sp³-hybridized carbons (Fsp3) is 0.471. The molecule has 24 heavy (non-hydrogen) atoms. The zero-order valence-corrected chi connectivity index (χ0v) is 13.7. The molecule has 1 aliphatic rings. The van der Waals surface area contributed by atoms with Crippen molar-refractivity contribution in [2.45, 2.75) is 25.5 Å². The Morgan fingerprint density at radius 3 is 2.67 bits per heavy atom. The van der Waals surface area contributed by atoms with E-state index in [0.29, 0.717) is 13.0 Å². The average molecular weight is 334 g/mol. The van der Waals surface area contributed by atoms with E-state index >= 15 is 0 Å². The molecular weight excluding hydrogens is 312 g/mol. The molecule has 1 saturated heterocycles. The summed E-state index contributed by atoms with van der Waals surface area (Å²) in [4.78, 5) is 38.0. The van der Waals surface area contributed by atoms with Crippen LogP contribution in [0.5, 0.6) is 0 Å². The maximum Gasteiger partial charge on any atom is 0.323 e. The first-order chi connectivity index (χ1) is 11.5. The summed E-state index contributed by atoms with van der Waals surface area (Å²) in [5.74, 6) is -1.72. The molecule has 0 spiro atoms. The van der Waals surface area contributed by atoms with Crippen LogP contribution in [0.3, 0.4) is 0 Å². The van der Waals surface area contributed by atoms with Crippen molar-refractivity contribution >= 4 is 17.8 Å². The van der Waals surface area contributed by atoms with Gasteiger partial charge in [-0.2, -0.15) is 0 Å². The molecule has 0 aliphatic carbocycles. The lowest BCUT2D eigenvalue weighted by atomic mass is 10.2. The number of likely N-dealkylation sites (tertiary alicyclic amines) is 1. The van der Waals surface area contributed by atoms with E-state index < -0.39 is 12.0 Å². The summed E-state index contributed by atoms with van der Waals surface area (Å²) < 4.78 is 5.24. The van der Waals surface area contributed by atoms with Crippen molar-refractivity contribution < 1.29 is 24.2 Å². The number of hydrogen-bond donors (Lipinski definition) is 1. The number of esters is 1. The summed E-state index contributed by atoms with van der Waals surface area (Å²) in [6, 6.07) is 8.91. The number of nitrogens with zero attached hydrogens (tertiary/aromatic N) is 2. The first kappa shape index (κ1) is 17.9. The van der Waals surface area contributed by atoms with Crippen molar-refractivity contribution in [3.8, 4) is 0 Å². The van der Waals surface area contributed by atoms with Crippen LogP contribution in [0.4, 0.5) is 0 Å². The largest absolute Gasteiger partial charge is 0.480 e. The molecule has 1 heterocycles. The molecule has 1 amide bonds. The molecule has 7 heteroatoms. The van der Waals surface area contributed by atoms with Gasteiger partial charge in [0.25, 0.3) is 0 Å². The highest BCUT2D eigenvalue weighted by atomic mass is 16.5. The van der Waals surface area contributed by atoms with Crippen molar-refractivity contribution in [2.75, 3.05) is 26.7 Å². The maximum atomic E-state index is 12.3. The number of aliphatic carboxylic acids is 1. The Balaban J connectivity index is 1.85. The SMILES string of the molecule is CN(CC(=O)O)C(=O)C1CCCN1CC(=O)OCc1ccccc1. The van der Waals surface area contributed by atoms with Crippen molar-refractivity contribution in [3.63, 3.8) is 0 Å². The second kappa shape index (κ2) is 8.44. The number of hydrogen-bond acceptors (Lipinski definition) is 5. The highest BCUT2D eigenvalue weighted by Gasteiger charge is 2.34. The van der Waals surface area contributed by atoms with Gasteiger partial charge in [-0.05, 0) is 24.9 Å². The van der Waals surface area contributed by atoms with Crippen LogP contribution in [0, 0.1) is 0 Å². The van der Waals surface area contributed by atoms with E-state index in [1.807, 2.05) is 30.3 Å². The molecule has 1 N–H and O–H groups in total. The Bertz CT molecular complexity index is 590. The summed E-state index contributed by atoms with van der Waals surface area (Å²) in [5.41, 5.74) is 0.904. The fourth-order valence-electron chi connectivity index (χ4n) is 2.78. The van der Waals surface area contributed by atoms with Crippen molar-refractivity contribution in [3.05, 3.63) is 35.9 Å². The number of likely N-dealkylation sites (N-methyl/N-ethyl adjacent to an activating group) is 1. The van der Waals surface area contributed by atoms with E-state index in [0.717, 1.165) is 12.0 Å². The van der Waals surface area contributed by atoms with Gasteiger partial charge < -0.3 is 14.7 Å². The van der Waals surface area contributed by atoms with Crippen molar-refractivity contribution in [1.29, 1.82) is 0 Å². The minimum Gasteiger partial charge on any atom is -0.480 e. The van der Waals surface area contributed by atoms with Gasteiger partial charge >= 0.3 is 11.9 Å². The molecule has 0 bridgehead atoms. The Kier molecular flexibility index (Phi) is 6.31. The van der Waals surface area contributed by atoms with Gasteiger partial charge in [-0.15, -0.1) is 0 Å². The smallest absolute Gasteiger partial charge is 0.323 e. The van der Waals surface area contributed by atoms with E-state index in [9.17, 15) is 14.4 Å². The Morgan fingerprint density at radius 1 is 1.29 bits per heavy atom. The fourth-order valence-corrected chi connectivity index (χ4v) is 2.78. The van der Waals surface area contributed by atoms with Crippen LogP contribution in [-0.4, -0.2) is 65.5 Å². The first-order valence-electron chi connectivity index (χ1n) is 7.87. The zero-order chi connectivity index (χ0) is 17.5. The lowest BCUT2D eigenvalue weighted by Crippen LogP contribution is -2.47. The number of carbonyl (C=O) groups excluding carboxylic acids is 2. The molecule has 0 aromatic heterocycles. The standard InChI is InChI=1S/C17H22N2O5/c1-18(10-15(20)21)17(23)14-8-5-9-19(14)11-16(22)24-12-13-6-3-2-4-7-13/h2-4,6-7,14H,5,8-12H2,1H3,(H,20,21). The summed E-state index contributed by atoms with van der Waals surface area (Å²) >= 11 is 0. The lowest BCUT2D eigenvalue weighted by Gasteiger charge is -2.26. The second-order valence-corrected chi connectivity index (χ2v) is 5.86. The van der Waals surface area contributed by atoms with Crippen LogP contribution in [0.2, 0.25) is 0 Å². The first-order valence-corrected chi connectivity index (χ1v) is 7.87. The molecule has 0 radical (unpaired) electrons. The van der Waals surface area contributed by atoms with Crippen LogP contribution < -0.4 is 0 Å². The van der Waals surface area contributed by atoms with Gasteiger partial charge in [0, 0.05) is 7.05 Å². The second-order valence-electron chi connectivity index (χ2n) is 5.86. The number of carboxylic acid groups (broad SMARTS) is 1. The summed E-state index contributed by atoms with van der Waals surface area (Å²) in [6.45, 7) is 0.509. The predicted molar refractivity (Wildman–Crippen MR) is 86.1 cm³/mol. The monoisotopic (exact) mass is 334 g/mol. The number of ether oxygens (including phenoxy) is 1. The van der Waals surface area contributed by atoms with E-state index in [1.165, 1.54) is 11.9 Å². The molecule has 1 fully saturated rings. The molecule has 1 unspecified atom stereocenters. The summed E-state index contributed by atoms with van der Waals surface area (Å²) in [6.07, 6.45) is 1.41. The molecule has 130 valence electrons. The maximum absolute atomic E-state index is 12.3. The minimum absolute atomic E-state index is 0.0319. The molecule has 1 aromatic carbocycles. The molecule has 1 aromatic rings. The third-order valence-corrected chi connectivity index (χ3v) is 3.97. The van der Waals surface area contributed by atoms with Gasteiger partial charge in [0.2, 0.25) is 5.91 Å². The van der Waals surface area contributed by atoms with Gasteiger partial charge in [-0.1, -0.05) is 30.3 Å². The van der Waals surface area contributed by atoms with Crippen LogP contribution in [0.1, 0.15) is 18.4 Å². The molecular formula is C17H22N2O5. The number of amides is 1. The minimum atomic E-state index is -1.06. The quantitative estimate of drug-likeness (QED) is 0.740. The van der Waals surface area contributed by atoms with Crippen LogP contribution >= 0.6 is 0 Å². The predicted octanol–water partition coefficient (Wildman–Crippen LogP) is 0.737. The average Bonchev–Trinajstić information content (AvgIpc) is 3.00.